The molecule has 0 saturated carbocycles. The van der Waals surface area contributed by atoms with Crippen LogP contribution in [0.25, 0.3) is 0 Å². The average molecular weight is 259 g/mol. The van der Waals surface area contributed by atoms with Crippen LogP contribution in [0.4, 0.5) is 0 Å². The highest BCUT2D eigenvalue weighted by atomic mass is 32.2. The quantitative estimate of drug-likeness (QED) is 0.858. The number of hydrogen-bond donors (Lipinski definition) is 1. The van der Waals surface area contributed by atoms with Gasteiger partial charge in [0, 0.05) is 28.9 Å². The molecule has 18 heavy (non-hydrogen) atoms. The van der Waals surface area contributed by atoms with Gasteiger partial charge in [-0.15, -0.1) is 11.8 Å². The van der Waals surface area contributed by atoms with Crippen LogP contribution in [-0.4, -0.2) is 9.97 Å². The Morgan fingerprint density at radius 2 is 2.00 bits per heavy atom. The van der Waals surface area contributed by atoms with Gasteiger partial charge in [0.2, 0.25) is 0 Å². The first kappa shape index (κ1) is 13.1. The number of thioether (sulfide) groups is 1. The molecule has 0 aliphatic carbocycles. The number of aromatic nitrogens is 2. The van der Waals surface area contributed by atoms with Gasteiger partial charge in [0.15, 0.2) is 0 Å². The van der Waals surface area contributed by atoms with Crippen LogP contribution < -0.4 is 5.73 Å². The number of nitrogens with zero attached hydrogens (tertiary/aromatic N) is 2. The molecule has 0 unspecified atom stereocenters. The van der Waals surface area contributed by atoms with E-state index < -0.39 is 0 Å². The molecule has 4 heteroatoms. The minimum Gasteiger partial charge on any atom is -0.326 e. The summed E-state index contributed by atoms with van der Waals surface area (Å²) in [6.07, 6.45) is 1.83. The van der Waals surface area contributed by atoms with Crippen molar-refractivity contribution >= 4 is 11.8 Å². The summed E-state index contributed by atoms with van der Waals surface area (Å²) in [5.41, 5.74) is 8.88. The fourth-order valence-electron chi connectivity index (χ4n) is 1.67. The van der Waals surface area contributed by atoms with Gasteiger partial charge in [0.25, 0.3) is 0 Å². The smallest absolute Gasteiger partial charge is 0.138 e. The largest absolute Gasteiger partial charge is 0.326 e. The van der Waals surface area contributed by atoms with Gasteiger partial charge >= 0.3 is 0 Å². The van der Waals surface area contributed by atoms with Crippen molar-refractivity contribution in [2.45, 2.75) is 31.0 Å². The van der Waals surface area contributed by atoms with Crippen molar-refractivity contribution in [1.29, 1.82) is 0 Å². The van der Waals surface area contributed by atoms with Crippen LogP contribution in [0.2, 0.25) is 0 Å². The number of rotatable bonds is 4. The maximum absolute atomic E-state index is 5.60. The topological polar surface area (TPSA) is 51.8 Å². The van der Waals surface area contributed by atoms with Crippen molar-refractivity contribution in [3.05, 3.63) is 53.1 Å². The minimum atomic E-state index is 0.497. The van der Waals surface area contributed by atoms with E-state index in [1.807, 2.05) is 13.1 Å². The van der Waals surface area contributed by atoms with Crippen LogP contribution in [0.15, 0.2) is 35.4 Å². The Morgan fingerprint density at radius 1 is 1.22 bits per heavy atom. The number of benzene rings is 1. The second kappa shape index (κ2) is 5.98. The Labute approximate surface area is 112 Å². The van der Waals surface area contributed by atoms with Crippen molar-refractivity contribution in [2.24, 2.45) is 5.73 Å². The molecule has 94 valence electrons. The summed E-state index contributed by atoms with van der Waals surface area (Å²) in [6.45, 7) is 4.59. The summed E-state index contributed by atoms with van der Waals surface area (Å²) < 4.78 is 0. The van der Waals surface area contributed by atoms with Gasteiger partial charge in [-0.1, -0.05) is 18.2 Å². The summed E-state index contributed by atoms with van der Waals surface area (Å²) >= 11 is 1.77. The lowest BCUT2D eigenvalue weighted by molar-refractivity contribution is 0.923. The van der Waals surface area contributed by atoms with E-state index >= 15 is 0 Å². The Hall–Kier alpha value is -1.39. The first-order chi connectivity index (χ1) is 8.70. The molecule has 0 bridgehead atoms. The van der Waals surface area contributed by atoms with Crippen LogP contribution in [0.5, 0.6) is 0 Å². The number of aryl methyl sites for hydroxylation is 2. The molecule has 1 aromatic carbocycles. The molecular weight excluding hydrogens is 242 g/mol. The molecular formula is C14H17N3S. The molecule has 2 rings (SSSR count). The third-order valence-electron chi connectivity index (χ3n) is 2.80. The highest BCUT2D eigenvalue weighted by molar-refractivity contribution is 7.98. The lowest BCUT2D eigenvalue weighted by Crippen LogP contribution is -2.04. The summed E-state index contributed by atoms with van der Waals surface area (Å²) in [6, 6.07) is 8.35. The lowest BCUT2D eigenvalue weighted by Gasteiger charge is -2.06. The van der Waals surface area contributed by atoms with Gasteiger partial charge < -0.3 is 5.73 Å². The highest BCUT2D eigenvalue weighted by Gasteiger charge is 2.04. The highest BCUT2D eigenvalue weighted by Crippen LogP contribution is 2.24. The average Bonchev–Trinajstić information content (AvgIpc) is 2.38. The Balaban J connectivity index is 2.07. The van der Waals surface area contributed by atoms with Gasteiger partial charge in [0.1, 0.15) is 5.82 Å². The van der Waals surface area contributed by atoms with E-state index in [1.165, 1.54) is 10.5 Å². The predicted molar refractivity (Wildman–Crippen MR) is 75.4 cm³/mol. The summed E-state index contributed by atoms with van der Waals surface area (Å²) in [7, 11) is 0. The first-order valence-electron chi connectivity index (χ1n) is 5.90. The van der Waals surface area contributed by atoms with Crippen LogP contribution in [0, 0.1) is 13.8 Å². The van der Waals surface area contributed by atoms with Crippen molar-refractivity contribution in [2.75, 3.05) is 0 Å². The molecule has 0 atom stereocenters. The minimum absolute atomic E-state index is 0.497. The molecule has 0 saturated heterocycles. The predicted octanol–water partition coefficient (Wildman–Crippen LogP) is 2.84. The molecule has 2 N–H and O–H groups in total. The summed E-state index contributed by atoms with van der Waals surface area (Å²) in [5.74, 6) is 1.65. The zero-order valence-corrected chi connectivity index (χ0v) is 11.5. The van der Waals surface area contributed by atoms with E-state index in [0.717, 1.165) is 22.8 Å². The fraction of sp³-hybridized carbons (Fsp3) is 0.286. The Morgan fingerprint density at radius 3 is 2.67 bits per heavy atom. The van der Waals surface area contributed by atoms with E-state index in [-0.39, 0.29) is 0 Å². The van der Waals surface area contributed by atoms with E-state index in [2.05, 4.69) is 41.2 Å². The summed E-state index contributed by atoms with van der Waals surface area (Å²) in [5, 5.41) is 0. The molecule has 0 aliphatic heterocycles. The van der Waals surface area contributed by atoms with E-state index in [1.54, 1.807) is 11.8 Å². The van der Waals surface area contributed by atoms with Crippen molar-refractivity contribution in [3.8, 4) is 0 Å². The zero-order valence-electron chi connectivity index (χ0n) is 10.7. The van der Waals surface area contributed by atoms with Crippen LogP contribution in [-0.2, 0) is 12.3 Å². The molecule has 0 aliphatic rings. The standard InChI is InChI=1S/C14H17N3S/c1-10-5-3-4-6-13(10)18-9-14-16-8-12(7-15)11(2)17-14/h3-6,8H,7,9,15H2,1-2H3. The molecule has 1 aromatic heterocycles. The second-order valence-electron chi connectivity index (χ2n) is 4.16. The third kappa shape index (κ3) is 3.09. The molecule has 0 fully saturated rings. The van der Waals surface area contributed by atoms with E-state index in [0.29, 0.717) is 6.54 Å². The first-order valence-corrected chi connectivity index (χ1v) is 6.89. The second-order valence-corrected chi connectivity index (χ2v) is 5.17. The SMILES string of the molecule is Cc1ccccc1SCc1ncc(CN)c(C)n1. The lowest BCUT2D eigenvalue weighted by atomic mass is 10.2. The van der Waals surface area contributed by atoms with Crippen molar-refractivity contribution < 1.29 is 0 Å². The van der Waals surface area contributed by atoms with Crippen LogP contribution in [0.1, 0.15) is 22.6 Å². The Kier molecular flexibility index (Phi) is 4.33. The van der Waals surface area contributed by atoms with Crippen molar-refractivity contribution in [3.63, 3.8) is 0 Å². The molecule has 0 amide bonds. The number of nitrogens with two attached hydrogens (primary N) is 1. The van der Waals surface area contributed by atoms with Gasteiger partial charge in [-0.05, 0) is 25.5 Å². The van der Waals surface area contributed by atoms with E-state index in [4.69, 9.17) is 5.73 Å². The summed E-state index contributed by atoms with van der Waals surface area (Å²) in [4.78, 5) is 10.1. The molecule has 0 radical (unpaired) electrons. The maximum atomic E-state index is 5.60. The fourth-order valence-corrected chi connectivity index (χ4v) is 2.56. The van der Waals surface area contributed by atoms with Gasteiger partial charge in [-0.25, -0.2) is 9.97 Å². The normalized spacial score (nSPS) is 10.6. The monoisotopic (exact) mass is 259 g/mol. The Bertz CT molecular complexity index is 540. The molecule has 0 spiro atoms. The van der Waals surface area contributed by atoms with E-state index in [9.17, 15) is 0 Å². The van der Waals surface area contributed by atoms with Crippen molar-refractivity contribution in [1.82, 2.24) is 9.97 Å². The van der Waals surface area contributed by atoms with Gasteiger partial charge in [-0.3, -0.25) is 0 Å². The van der Waals surface area contributed by atoms with Gasteiger partial charge in [-0.2, -0.15) is 0 Å². The molecule has 3 nitrogen and oxygen atoms in total. The molecule has 2 aromatic rings. The molecule has 1 heterocycles. The number of hydrogen-bond acceptors (Lipinski definition) is 4. The van der Waals surface area contributed by atoms with Gasteiger partial charge in [0.05, 0.1) is 5.75 Å². The van der Waals surface area contributed by atoms with Crippen LogP contribution in [0.3, 0.4) is 0 Å². The third-order valence-corrected chi connectivity index (χ3v) is 3.97. The van der Waals surface area contributed by atoms with Crippen LogP contribution >= 0.6 is 11.8 Å². The maximum Gasteiger partial charge on any atom is 0.138 e. The zero-order chi connectivity index (χ0) is 13.0.